The average molecular weight is 315 g/mol. The molecule has 0 bridgehead atoms. The predicted molar refractivity (Wildman–Crippen MR) is 64.7 cm³/mol. The Morgan fingerprint density at radius 3 is 2.59 bits per heavy atom. The number of fused-ring (bicyclic) bond motifs is 1. The molecule has 0 spiro atoms. The van der Waals surface area contributed by atoms with Crippen LogP contribution in [0.5, 0.6) is 0 Å². The molecule has 116 valence electrons. The van der Waals surface area contributed by atoms with Gasteiger partial charge in [0.25, 0.3) is 0 Å². The van der Waals surface area contributed by atoms with Gasteiger partial charge in [0.1, 0.15) is 6.54 Å². The molecule has 0 unspecified atom stereocenters. The number of hydrogen-bond donors (Lipinski definition) is 0. The largest absolute Gasteiger partial charge is 0.491 e. The maximum atomic E-state index is 12.0. The lowest BCUT2D eigenvalue weighted by molar-refractivity contribution is -0.202. The summed E-state index contributed by atoms with van der Waals surface area (Å²) in [6.45, 7) is 0.565. The summed E-state index contributed by atoms with van der Waals surface area (Å²) in [5, 5.41) is 7.67. The van der Waals surface area contributed by atoms with E-state index in [1.54, 1.807) is 0 Å². The van der Waals surface area contributed by atoms with E-state index in [1.165, 1.54) is 25.4 Å². The molecule has 0 atom stereocenters. The molecule has 2 aromatic rings. The Hall–Kier alpha value is -2.78. The van der Waals surface area contributed by atoms with Gasteiger partial charge in [-0.3, -0.25) is 4.79 Å². The molecule has 2 aromatic heterocycles. The maximum Gasteiger partial charge on any atom is 0.491 e. The first-order valence-electron chi connectivity index (χ1n) is 5.83. The van der Waals surface area contributed by atoms with Gasteiger partial charge in [-0.1, -0.05) is 0 Å². The summed E-state index contributed by atoms with van der Waals surface area (Å²) in [4.78, 5) is 33.5. The summed E-state index contributed by atoms with van der Waals surface area (Å²) in [6.07, 6.45) is -2.70. The number of carbonyl (C=O) groups excluding carboxylic acids is 3. The monoisotopic (exact) mass is 315 g/mol. The second-order valence-electron chi connectivity index (χ2n) is 4.25. The van der Waals surface area contributed by atoms with E-state index in [2.05, 4.69) is 14.9 Å². The highest BCUT2D eigenvalue weighted by atomic mass is 19.4. The van der Waals surface area contributed by atoms with E-state index in [1.807, 2.05) is 0 Å². The lowest BCUT2D eigenvalue weighted by Crippen LogP contribution is -2.29. The Bertz CT molecular complexity index is 767. The smallest absolute Gasteiger partial charge is 0.385 e. The molecule has 7 nitrogen and oxygen atoms in total. The Balaban J connectivity index is 2.27. The van der Waals surface area contributed by atoms with Crippen LogP contribution in [0.3, 0.4) is 0 Å². The van der Waals surface area contributed by atoms with Crippen LogP contribution in [-0.4, -0.2) is 38.7 Å². The van der Waals surface area contributed by atoms with E-state index in [0.717, 1.165) is 4.57 Å². The normalized spacial score (nSPS) is 11.5. The van der Waals surface area contributed by atoms with Gasteiger partial charge in [-0.2, -0.15) is 18.3 Å². The van der Waals surface area contributed by atoms with E-state index in [4.69, 9.17) is 0 Å². The van der Waals surface area contributed by atoms with Crippen LogP contribution in [0.25, 0.3) is 11.0 Å². The van der Waals surface area contributed by atoms with E-state index in [9.17, 15) is 27.6 Å². The SMILES string of the molecule is CC(=O)c1cn(CC(=O)OC(=O)C(F)(F)F)c2nnccc12. The topological polar surface area (TPSA) is 91.2 Å². The van der Waals surface area contributed by atoms with Crippen LogP contribution in [-0.2, 0) is 20.9 Å². The molecule has 0 saturated heterocycles. The van der Waals surface area contributed by atoms with Crippen LogP contribution in [0.1, 0.15) is 17.3 Å². The fourth-order valence-corrected chi connectivity index (χ4v) is 1.77. The minimum Gasteiger partial charge on any atom is -0.385 e. The maximum absolute atomic E-state index is 12.0. The first-order chi connectivity index (χ1) is 10.2. The summed E-state index contributed by atoms with van der Waals surface area (Å²) in [6, 6.07) is 1.47. The second-order valence-corrected chi connectivity index (χ2v) is 4.25. The molecule has 0 fully saturated rings. The van der Waals surface area contributed by atoms with Gasteiger partial charge in [0, 0.05) is 17.1 Å². The van der Waals surface area contributed by atoms with Crippen molar-refractivity contribution in [1.29, 1.82) is 0 Å². The number of hydrogen-bond acceptors (Lipinski definition) is 6. The lowest BCUT2D eigenvalue weighted by Gasteiger charge is -2.06. The molecule has 22 heavy (non-hydrogen) atoms. The molecule has 0 amide bonds. The Morgan fingerprint density at radius 1 is 1.32 bits per heavy atom. The summed E-state index contributed by atoms with van der Waals surface area (Å²) >= 11 is 0. The zero-order valence-corrected chi connectivity index (χ0v) is 11.0. The van der Waals surface area contributed by atoms with Gasteiger partial charge in [0.15, 0.2) is 11.4 Å². The van der Waals surface area contributed by atoms with Gasteiger partial charge in [-0.25, -0.2) is 9.59 Å². The molecule has 0 N–H and O–H groups in total. The van der Waals surface area contributed by atoms with Gasteiger partial charge >= 0.3 is 18.1 Å². The molecule has 0 aliphatic carbocycles. The standard InChI is InChI=1S/C12H8F3N3O4/c1-6(19)8-4-18(10-7(8)2-3-16-17-10)5-9(20)22-11(21)12(13,14)15/h2-4H,5H2,1H3. The highest BCUT2D eigenvalue weighted by Gasteiger charge is 2.42. The van der Waals surface area contributed by atoms with Crippen molar-refractivity contribution in [2.24, 2.45) is 0 Å². The van der Waals surface area contributed by atoms with Crippen molar-refractivity contribution in [2.45, 2.75) is 19.6 Å². The number of alkyl halides is 3. The number of nitrogens with zero attached hydrogens (tertiary/aromatic N) is 3. The van der Waals surface area contributed by atoms with Crippen molar-refractivity contribution >= 4 is 28.8 Å². The first-order valence-corrected chi connectivity index (χ1v) is 5.83. The van der Waals surface area contributed by atoms with Crippen molar-refractivity contribution in [3.05, 3.63) is 24.0 Å². The molecular formula is C12H8F3N3O4. The molecule has 2 rings (SSSR count). The van der Waals surface area contributed by atoms with E-state index in [0.29, 0.717) is 5.39 Å². The molecule has 10 heteroatoms. The second kappa shape index (κ2) is 5.54. The number of carbonyl (C=O) groups is 3. The van der Waals surface area contributed by atoms with E-state index < -0.39 is 24.7 Å². The average Bonchev–Trinajstić information content (AvgIpc) is 2.77. The summed E-state index contributed by atoms with van der Waals surface area (Å²) in [7, 11) is 0. The number of ether oxygens (including phenoxy) is 1. The number of Topliss-reactive ketones (excluding diaryl/α,β-unsaturated/α-hetero) is 1. The van der Waals surface area contributed by atoms with Crippen molar-refractivity contribution in [1.82, 2.24) is 14.8 Å². The first kappa shape index (κ1) is 15.6. The van der Waals surface area contributed by atoms with Gasteiger partial charge in [0.05, 0.1) is 6.20 Å². The molecular weight excluding hydrogens is 307 g/mol. The number of ketones is 1. The predicted octanol–water partition coefficient (Wildman–Crippen LogP) is 1.27. The highest BCUT2D eigenvalue weighted by molar-refractivity contribution is 6.06. The highest BCUT2D eigenvalue weighted by Crippen LogP contribution is 2.20. The van der Waals surface area contributed by atoms with Crippen LogP contribution in [0, 0.1) is 0 Å². The molecule has 0 aromatic carbocycles. The number of rotatable bonds is 3. The minimum atomic E-state index is -5.27. The number of halogens is 3. The third kappa shape index (κ3) is 3.10. The Labute approximate surface area is 120 Å². The summed E-state index contributed by atoms with van der Waals surface area (Å²) in [5.41, 5.74) is 0.337. The zero-order chi connectivity index (χ0) is 16.5. The molecule has 0 aliphatic rings. The third-order valence-corrected chi connectivity index (χ3v) is 2.67. The van der Waals surface area contributed by atoms with Gasteiger partial charge in [0.2, 0.25) is 0 Å². The third-order valence-electron chi connectivity index (χ3n) is 2.67. The quantitative estimate of drug-likeness (QED) is 0.481. The minimum absolute atomic E-state index is 0.115. The van der Waals surface area contributed by atoms with Crippen LogP contribution in [0.15, 0.2) is 18.5 Å². The number of esters is 2. The summed E-state index contributed by atoms with van der Waals surface area (Å²) in [5.74, 6) is -4.36. The Morgan fingerprint density at radius 2 is 2.00 bits per heavy atom. The number of aromatic nitrogens is 3. The molecule has 0 saturated carbocycles. The fraction of sp³-hybridized carbons (Fsp3) is 0.250. The molecule has 0 aliphatic heterocycles. The van der Waals surface area contributed by atoms with Crippen LogP contribution in [0.2, 0.25) is 0 Å². The van der Waals surface area contributed by atoms with Gasteiger partial charge < -0.3 is 9.30 Å². The van der Waals surface area contributed by atoms with Crippen molar-refractivity contribution in [2.75, 3.05) is 0 Å². The zero-order valence-electron chi connectivity index (χ0n) is 11.0. The van der Waals surface area contributed by atoms with E-state index in [-0.39, 0.29) is 17.0 Å². The van der Waals surface area contributed by atoms with E-state index >= 15 is 0 Å². The Kier molecular flexibility index (Phi) is 3.93. The molecule has 0 radical (unpaired) electrons. The van der Waals surface area contributed by atoms with Crippen molar-refractivity contribution < 1.29 is 32.3 Å². The summed E-state index contributed by atoms with van der Waals surface area (Å²) < 4.78 is 40.8. The van der Waals surface area contributed by atoms with Crippen LogP contribution < -0.4 is 0 Å². The molecule has 2 heterocycles. The van der Waals surface area contributed by atoms with Gasteiger partial charge in [-0.15, -0.1) is 5.10 Å². The van der Waals surface area contributed by atoms with Crippen LogP contribution >= 0.6 is 0 Å². The fourth-order valence-electron chi connectivity index (χ4n) is 1.77. The van der Waals surface area contributed by atoms with Crippen molar-refractivity contribution in [3.63, 3.8) is 0 Å². The van der Waals surface area contributed by atoms with Gasteiger partial charge in [-0.05, 0) is 13.0 Å². The lowest BCUT2D eigenvalue weighted by atomic mass is 10.2. The van der Waals surface area contributed by atoms with Crippen LogP contribution in [0.4, 0.5) is 13.2 Å². The van der Waals surface area contributed by atoms with Crippen molar-refractivity contribution in [3.8, 4) is 0 Å².